The Kier molecular flexibility index (Phi) is 8.40. The zero-order valence-corrected chi connectivity index (χ0v) is 23.9. The molecule has 1 amide bonds. The lowest BCUT2D eigenvalue weighted by Gasteiger charge is -2.32. The Balaban J connectivity index is 1.31. The van der Waals surface area contributed by atoms with Gasteiger partial charge in [0.25, 0.3) is 0 Å². The van der Waals surface area contributed by atoms with E-state index in [0.29, 0.717) is 24.0 Å². The van der Waals surface area contributed by atoms with E-state index in [9.17, 15) is 4.79 Å². The molecule has 11 heteroatoms. The van der Waals surface area contributed by atoms with Gasteiger partial charge in [0.2, 0.25) is 11.9 Å². The third kappa shape index (κ3) is 5.99. The summed E-state index contributed by atoms with van der Waals surface area (Å²) in [7, 11) is 3.29. The SMILES string of the molecule is CC/C=C(/OC)c1ccc(NC(=O)C2CCCN(c3nc(Nc4ccc(OC)c(C)c4)c4ncsc4n3)C2)cn1. The van der Waals surface area contributed by atoms with Crippen LogP contribution in [0, 0.1) is 12.8 Å². The molecule has 40 heavy (non-hydrogen) atoms. The molecule has 208 valence electrons. The number of carbonyl (C=O) groups excluding carboxylic acids is 1. The van der Waals surface area contributed by atoms with E-state index in [2.05, 4.69) is 25.5 Å². The monoisotopic (exact) mass is 559 g/mol. The predicted octanol–water partition coefficient (Wildman–Crippen LogP) is 5.79. The number of aryl methyl sites for hydroxylation is 1. The predicted molar refractivity (Wildman–Crippen MR) is 159 cm³/mol. The number of anilines is 4. The Bertz CT molecular complexity index is 1520. The van der Waals surface area contributed by atoms with Crippen LogP contribution in [-0.2, 0) is 9.53 Å². The molecule has 1 aliphatic heterocycles. The number of fused-ring (bicyclic) bond motifs is 1. The van der Waals surface area contributed by atoms with E-state index in [1.165, 1.54) is 11.3 Å². The first kappa shape index (κ1) is 27.3. The van der Waals surface area contributed by atoms with Crippen LogP contribution in [0.3, 0.4) is 0 Å². The van der Waals surface area contributed by atoms with Gasteiger partial charge in [-0.2, -0.15) is 9.97 Å². The number of methoxy groups -OCH3 is 2. The van der Waals surface area contributed by atoms with Gasteiger partial charge in [-0.05, 0) is 68.2 Å². The number of aromatic nitrogens is 4. The first-order valence-corrected chi connectivity index (χ1v) is 14.2. The standard InChI is InChI=1S/C29H33N7O3S/c1-5-7-24(39-4)22-11-9-21(15-30-22)33-27(37)19-8-6-13-36(16-19)29-34-26(25-28(35-29)40-17-31-25)32-20-10-12-23(38-3)18(2)14-20/h7,9-12,14-15,17,19H,5-6,8,13,16H2,1-4H3,(H,33,37)(H,32,34,35)/b24-7+. The third-order valence-electron chi connectivity index (χ3n) is 6.81. The average molecular weight is 560 g/mol. The third-order valence-corrected chi connectivity index (χ3v) is 7.53. The van der Waals surface area contributed by atoms with Gasteiger partial charge in [-0.1, -0.05) is 6.92 Å². The van der Waals surface area contributed by atoms with Crippen molar-refractivity contribution in [3.63, 3.8) is 0 Å². The number of ether oxygens (including phenoxy) is 2. The van der Waals surface area contributed by atoms with Crippen LogP contribution in [0.1, 0.15) is 37.4 Å². The number of rotatable bonds is 9. The fourth-order valence-corrected chi connectivity index (χ4v) is 5.43. The molecule has 4 heterocycles. The topological polar surface area (TPSA) is 114 Å². The van der Waals surface area contributed by atoms with Crippen molar-refractivity contribution >= 4 is 56.5 Å². The van der Waals surface area contributed by atoms with Crippen LogP contribution in [-0.4, -0.2) is 53.2 Å². The molecule has 1 aromatic carbocycles. The van der Waals surface area contributed by atoms with Crippen molar-refractivity contribution in [2.45, 2.75) is 33.1 Å². The van der Waals surface area contributed by atoms with Crippen LogP contribution in [0.25, 0.3) is 16.1 Å². The number of benzene rings is 1. The summed E-state index contributed by atoms with van der Waals surface area (Å²) in [6.45, 7) is 5.34. The molecule has 0 aliphatic carbocycles. The summed E-state index contributed by atoms with van der Waals surface area (Å²) in [5, 5.41) is 6.43. The van der Waals surface area contributed by atoms with Gasteiger partial charge in [-0.15, -0.1) is 11.3 Å². The van der Waals surface area contributed by atoms with E-state index in [4.69, 9.17) is 19.4 Å². The van der Waals surface area contributed by atoms with Crippen LogP contribution in [0.4, 0.5) is 23.1 Å². The molecule has 10 nitrogen and oxygen atoms in total. The number of pyridine rings is 1. The first-order chi connectivity index (χ1) is 19.5. The summed E-state index contributed by atoms with van der Waals surface area (Å²) in [4.78, 5) is 34.7. The van der Waals surface area contributed by atoms with Crippen LogP contribution >= 0.6 is 11.3 Å². The van der Waals surface area contributed by atoms with Crippen molar-refractivity contribution in [2.24, 2.45) is 5.92 Å². The van der Waals surface area contributed by atoms with Crippen LogP contribution in [0.2, 0.25) is 0 Å². The van der Waals surface area contributed by atoms with E-state index in [1.807, 2.05) is 50.3 Å². The summed E-state index contributed by atoms with van der Waals surface area (Å²) in [6.07, 6.45) is 6.14. The van der Waals surface area contributed by atoms with Crippen LogP contribution < -0.4 is 20.3 Å². The molecule has 0 spiro atoms. The zero-order chi connectivity index (χ0) is 28.1. The molecule has 1 unspecified atom stereocenters. The molecule has 3 aromatic heterocycles. The molecule has 1 aliphatic rings. The smallest absolute Gasteiger partial charge is 0.229 e. The number of thiazole rings is 1. The highest BCUT2D eigenvalue weighted by Gasteiger charge is 2.28. The average Bonchev–Trinajstić information content (AvgIpc) is 3.46. The highest BCUT2D eigenvalue weighted by atomic mass is 32.1. The molecule has 1 fully saturated rings. The number of nitrogens with one attached hydrogen (secondary N) is 2. The van der Waals surface area contributed by atoms with Crippen molar-refractivity contribution in [1.82, 2.24) is 19.9 Å². The number of carbonyl (C=O) groups is 1. The van der Waals surface area contributed by atoms with Crippen molar-refractivity contribution in [3.05, 3.63) is 59.4 Å². The van der Waals surface area contributed by atoms with Crippen molar-refractivity contribution in [1.29, 1.82) is 0 Å². The van der Waals surface area contributed by atoms with Crippen LogP contribution in [0.5, 0.6) is 5.75 Å². The lowest BCUT2D eigenvalue weighted by Crippen LogP contribution is -2.41. The maximum atomic E-state index is 13.2. The molecular weight excluding hydrogens is 526 g/mol. The maximum absolute atomic E-state index is 13.2. The van der Waals surface area contributed by atoms with Gasteiger partial charge in [0.1, 0.15) is 22.7 Å². The summed E-state index contributed by atoms with van der Waals surface area (Å²) < 4.78 is 10.8. The quantitative estimate of drug-likeness (QED) is 0.246. The van der Waals surface area contributed by atoms with Gasteiger partial charge >= 0.3 is 0 Å². The first-order valence-electron chi connectivity index (χ1n) is 13.3. The van der Waals surface area contributed by atoms with E-state index in [-0.39, 0.29) is 11.8 Å². The molecular formula is C29H33N7O3S. The lowest BCUT2D eigenvalue weighted by atomic mass is 9.97. The molecule has 5 rings (SSSR count). The number of amides is 1. The van der Waals surface area contributed by atoms with E-state index >= 15 is 0 Å². The van der Waals surface area contributed by atoms with E-state index < -0.39 is 0 Å². The molecule has 4 aromatic rings. The molecule has 1 atom stereocenters. The Morgan fingerprint density at radius 1 is 1.18 bits per heavy atom. The lowest BCUT2D eigenvalue weighted by molar-refractivity contribution is -0.120. The normalized spacial score (nSPS) is 15.7. The van der Waals surface area contributed by atoms with Gasteiger partial charge in [0, 0.05) is 18.8 Å². The molecule has 0 radical (unpaired) electrons. The number of nitrogens with zero attached hydrogens (tertiary/aromatic N) is 5. The number of hydrogen-bond acceptors (Lipinski definition) is 10. The fraction of sp³-hybridized carbons (Fsp3) is 0.345. The molecule has 2 N–H and O–H groups in total. The number of hydrogen-bond donors (Lipinski definition) is 2. The Labute approximate surface area is 237 Å². The molecule has 0 bridgehead atoms. The zero-order valence-electron chi connectivity index (χ0n) is 23.1. The van der Waals surface area contributed by atoms with Gasteiger partial charge < -0.3 is 25.0 Å². The number of piperidine rings is 1. The van der Waals surface area contributed by atoms with Gasteiger partial charge in [-0.25, -0.2) is 4.98 Å². The van der Waals surface area contributed by atoms with E-state index in [0.717, 1.165) is 64.6 Å². The molecule has 1 saturated heterocycles. The van der Waals surface area contributed by atoms with Crippen molar-refractivity contribution in [2.75, 3.05) is 42.8 Å². The van der Waals surface area contributed by atoms with Gasteiger partial charge in [0.05, 0.1) is 37.5 Å². The summed E-state index contributed by atoms with van der Waals surface area (Å²) in [6, 6.07) is 9.59. The molecule has 0 saturated carbocycles. The minimum atomic E-state index is -0.204. The van der Waals surface area contributed by atoms with Crippen molar-refractivity contribution < 1.29 is 14.3 Å². The Hall–Kier alpha value is -4.25. The summed E-state index contributed by atoms with van der Waals surface area (Å²) in [5.41, 5.74) is 5.78. The Morgan fingerprint density at radius 3 is 2.75 bits per heavy atom. The minimum Gasteiger partial charge on any atom is -0.496 e. The van der Waals surface area contributed by atoms with Crippen molar-refractivity contribution in [3.8, 4) is 5.75 Å². The minimum absolute atomic E-state index is 0.0405. The summed E-state index contributed by atoms with van der Waals surface area (Å²) >= 11 is 1.47. The summed E-state index contributed by atoms with van der Waals surface area (Å²) in [5.74, 6) is 2.52. The highest BCUT2D eigenvalue weighted by Crippen LogP contribution is 2.31. The second-order valence-electron chi connectivity index (χ2n) is 9.58. The van der Waals surface area contributed by atoms with E-state index in [1.54, 1.807) is 25.9 Å². The maximum Gasteiger partial charge on any atom is 0.229 e. The second kappa shape index (κ2) is 12.3. The fourth-order valence-electron chi connectivity index (χ4n) is 4.78. The van der Waals surface area contributed by atoms with Gasteiger partial charge in [0.15, 0.2) is 10.6 Å². The van der Waals surface area contributed by atoms with Gasteiger partial charge in [-0.3, -0.25) is 9.78 Å². The highest BCUT2D eigenvalue weighted by molar-refractivity contribution is 7.16. The Morgan fingerprint density at radius 2 is 2.02 bits per heavy atom. The second-order valence-corrected chi connectivity index (χ2v) is 10.4. The number of allylic oxidation sites excluding steroid dienone is 1. The van der Waals surface area contributed by atoms with Crippen LogP contribution in [0.15, 0.2) is 48.1 Å². The largest absolute Gasteiger partial charge is 0.496 e.